The van der Waals surface area contributed by atoms with E-state index in [9.17, 15) is 9.59 Å². The summed E-state index contributed by atoms with van der Waals surface area (Å²) in [4.78, 5) is 28.5. The molecule has 1 amide bonds. The second kappa shape index (κ2) is 5.92. The zero-order chi connectivity index (χ0) is 15.7. The Hall–Kier alpha value is -1.78. The Bertz CT molecular complexity index is 562. The number of nitrogens with one attached hydrogen (secondary N) is 1. The Morgan fingerprint density at radius 1 is 1.29 bits per heavy atom. The second-order valence-electron chi connectivity index (χ2n) is 6.27. The van der Waals surface area contributed by atoms with Gasteiger partial charge in [-0.2, -0.15) is 0 Å². The molecule has 1 fully saturated rings. The molecule has 5 heteroatoms. The summed E-state index contributed by atoms with van der Waals surface area (Å²) in [5, 5.41) is 9.15. The van der Waals surface area contributed by atoms with Crippen molar-refractivity contribution in [2.45, 2.75) is 52.5 Å². The molecule has 0 radical (unpaired) electrons. The predicted octanol–water partition coefficient (Wildman–Crippen LogP) is 2.98. The highest BCUT2D eigenvalue weighted by atomic mass is 16.4. The van der Waals surface area contributed by atoms with Gasteiger partial charge in [-0.15, -0.1) is 0 Å². The average Bonchev–Trinajstić information content (AvgIpc) is 2.72. The number of carboxylic acid groups (broad SMARTS) is 1. The molecule has 1 aromatic heterocycles. The van der Waals surface area contributed by atoms with Crippen LogP contribution in [-0.2, 0) is 0 Å². The van der Waals surface area contributed by atoms with Crippen molar-refractivity contribution < 1.29 is 14.7 Å². The average molecular weight is 292 g/mol. The van der Waals surface area contributed by atoms with E-state index in [-0.39, 0.29) is 17.6 Å². The fourth-order valence-electron chi connectivity index (χ4n) is 3.38. The molecule has 1 aliphatic rings. The Morgan fingerprint density at radius 2 is 1.95 bits per heavy atom. The number of rotatable bonds is 3. The molecule has 2 rings (SSSR count). The van der Waals surface area contributed by atoms with Gasteiger partial charge in [-0.1, -0.05) is 19.8 Å². The minimum atomic E-state index is -1.02. The first kappa shape index (κ1) is 15.6. The molecule has 1 aromatic rings. The molecule has 116 valence electrons. The number of aromatic amines is 1. The molecule has 0 bridgehead atoms. The van der Waals surface area contributed by atoms with E-state index in [4.69, 9.17) is 5.11 Å². The van der Waals surface area contributed by atoms with Crippen molar-refractivity contribution in [2.75, 3.05) is 7.05 Å². The van der Waals surface area contributed by atoms with E-state index in [0.29, 0.717) is 22.7 Å². The second-order valence-corrected chi connectivity index (χ2v) is 6.27. The fraction of sp³-hybridized carbons (Fsp3) is 0.625. The van der Waals surface area contributed by atoms with Crippen LogP contribution in [0.4, 0.5) is 0 Å². The van der Waals surface area contributed by atoms with Gasteiger partial charge >= 0.3 is 5.97 Å². The monoisotopic (exact) mass is 292 g/mol. The number of aryl methyl sites for hydroxylation is 1. The number of carboxylic acids is 1. The van der Waals surface area contributed by atoms with Crippen molar-refractivity contribution in [3.8, 4) is 0 Å². The predicted molar refractivity (Wildman–Crippen MR) is 80.7 cm³/mol. The fourth-order valence-corrected chi connectivity index (χ4v) is 3.38. The van der Waals surface area contributed by atoms with Gasteiger partial charge in [0, 0.05) is 18.8 Å². The van der Waals surface area contributed by atoms with Crippen LogP contribution < -0.4 is 0 Å². The van der Waals surface area contributed by atoms with Crippen LogP contribution in [0.3, 0.4) is 0 Å². The van der Waals surface area contributed by atoms with Crippen LogP contribution in [-0.4, -0.2) is 40.0 Å². The lowest BCUT2D eigenvalue weighted by molar-refractivity contribution is 0.0670. The third kappa shape index (κ3) is 2.96. The lowest BCUT2D eigenvalue weighted by Crippen LogP contribution is -2.40. The number of H-pyrrole nitrogens is 1. The van der Waals surface area contributed by atoms with Crippen molar-refractivity contribution in [3.63, 3.8) is 0 Å². The first-order valence-corrected chi connectivity index (χ1v) is 7.52. The molecule has 0 saturated heterocycles. The van der Waals surface area contributed by atoms with E-state index < -0.39 is 5.97 Å². The first-order chi connectivity index (χ1) is 9.82. The molecule has 1 aliphatic carbocycles. The summed E-state index contributed by atoms with van der Waals surface area (Å²) in [6, 6.07) is 0.253. The third-order valence-corrected chi connectivity index (χ3v) is 4.64. The highest BCUT2D eigenvalue weighted by Gasteiger charge is 2.29. The highest BCUT2D eigenvalue weighted by Crippen LogP contribution is 2.28. The maximum absolute atomic E-state index is 12.7. The number of carbonyl (C=O) groups excluding carboxylic acids is 1. The smallest absolute Gasteiger partial charge is 0.352 e. The van der Waals surface area contributed by atoms with Crippen molar-refractivity contribution in [3.05, 3.63) is 22.5 Å². The lowest BCUT2D eigenvalue weighted by atomic mass is 9.86. The number of aromatic nitrogens is 1. The molecular weight excluding hydrogens is 268 g/mol. The standard InChI is InChI=1S/C16H24N2O3/c1-9-6-5-7-12(8-9)18(4)15(19)13-10(2)14(16(20)21)17-11(13)3/h9,12,17H,5-8H2,1-4H3,(H,20,21). The van der Waals surface area contributed by atoms with Crippen LogP contribution in [0.1, 0.15) is 64.7 Å². The first-order valence-electron chi connectivity index (χ1n) is 7.52. The van der Waals surface area contributed by atoms with Crippen LogP contribution in [0, 0.1) is 19.8 Å². The normalized spacial score (nSPS) is 22.1. The zero-order valence-corrected chi connectivity index (χ0v) is 13.2. The van der Waals surface area contributed by atoms with Gasteiger partial charge in [0.1, 0.15) is 5.69 Å². The van der Waals surface area contributed by atoms with Crippen LogP contribution >= 0.6 is 0 Å². The Kier molecular flexibility index (Phi) is 4.40. The summed E-state index contributed by atoms with van der Waals surface area (Å²) in [6.45, 7) is 5.67. The van der Waals surface area contributed by atoms with E-state index >= 15 is 0 Å². The Balaban J connectivity index is 2.25. The van der Waals surface area contributed by atoms with Gasteiger partial charge in [0.05, 0.1) is 5.56 Å². The van der Waals surface area contributed by atoms with E-state index in [1.807, 2.05) is 7.05 Å². The Labute approximate surface area is 125 Å². The summed E-state index contributed by atoms with van der Waals surface area (Å²) < 4.78 is 0. The van der Waals surface area contributed by atoms with Crippen LogP contribution in [0.25, 0.3) is 0 Å². The van der Waals surface area contributed by atoms with Gasteiger partial charge in [-0.25, -0.2) is 4.79 Å². The van der Waals surface area contributed by atoms with Gasteiger partial charge in [-0.05, 0) is 38.2 Å². The van der Waals surface area contributed by atoms with Gasteiger partial charge in [0.2, 0.25) is 0 Å². The number of amides is 1. The number of aromatic carboxylic acids is 1. The molecule has 0 spiro atoms. The summed E-state index contributed by atoms with van der Waals surface area (Å²) in [7, 11) is 1.83. The topological polar surface area (TPSA) is 73.4 Å². The van der Waals surface area contributed by atoms with Crippen molar-refractivity contribution >= 4 is 11.9 Å². The number of hydrogen-bond acceptors (Lipinski definition) is 2. The number of nitrogens with zero attached hydrogens (tertiary/aromatic N) is 1. The van der Waals surface area contributed by atoms with Gasteiger partial charge < -0.3 is 15.0 Å². The van der Waals surface area contributed by atoms with E-state index in [1.54, 1.807) is 18.7 Å². The SMILES string of the molecule is Cc1[nH]c(C(=O)O)c(C)c1C(=O)N(C)C1CCCC(C)C1. The zero-order valence-electron chi connectivity index (χ0n) is 13.2. The quantitative estimate of drug-likeness (QED) is 0.899. The largest absolute Gasteiger partial charge is 0.477 e. The molecule has 0 aliphatic heterocycles. The molecule has 5 nitrogen and oxygen atoms in total. The molecule has 2 atom stereocenters. The molecule has 2 unspecified atom stereocenters. The molecule has 0 aromatic carbocycles. The minimum absolute atomic E-state index is 0.0761. The van der Waals surface area contributed by atoms with Gasteiger partial charge in [-0.3, -0.25) is 4.79 Å². The Morgan fingerprint density at radius 3 is 2.48 bits per heavy atom. The van der Waals surface area contributed by atoms with Crippen LogP contribution in [0.2, 0.25) is 0 Å². The molecule has 2 N–H and O–H groups in total. The number of hydrogen-bond donors (Lipinski definition) is 2. The molecule has 1 heterocycles. The number of carbonyl (C=O) groups is 2. The van der Waals surface area contributed by atoms with Crippen LogP contribution in [0.15, 0.2) is 0 Å². The molecule has 21 heavy (non-hydrogen) atoms. The van der Waals surface area contributed by atoms with E-state index in [2.05, 4.69) is 11.9 Å². The van der Waals surface area contributed by atoms with Crippen molar-refractivity contribution in [2.24, 2.45) is 5.92 Å². The summed E-state index contributed by atoms with van der Waals surface area (Å²) in [5.74, 6) is -0.460. The van der Waals surface area contributed by atoms with E-state index in [0.717, 1.165) is 19.3 Å². The molecular formula is C16H24N2O3. The minimum Gasteiger partial charge on any atom is -0.477 e. The van der Waals surface area contributed by atoms with Gasteiger partial charge in [0.25, 0.3) is 5.91 Å². The summed E-state index contributed by atoms with van der Waals surface area (Å²) in [6.07, 6.45) is 4.43. The summed E-state index contributed by atoms with van der Waals surface area (Å²) >= 11 is 0. The van der Waals surface area contributed by atoms with Crippen molar-refractivity contribution in [1.82, 2.24) is 9.88 Å². The molecule has 1 saturated carbocycles. The highest BCUT2D eigenvalue weighted by molar-refractivity contribution is 6.00. The van der Waals surface area contributed by atoms with Gasteiger partial charge in [0.15, 0.2) is 0 Å². The van der Waals surface area contributed by atoms with Crippen LogP contribution in [0.5, 0.6) is 0 Å². The maximum atomic E-state index is 12.7. The third-order valence-electron chi connectivity index (χ3n) is 4.64. The maximum Gasteiger partial charge on any atom is 0.352 e. The summed E-state index contributed by atoms with van der Waals surface area (Å²) in [5.41, 5.74) is 1.78. The lowest BCUT2D eigenvalue weighted by Gasteiger charge is -2.34. The van der Waals surface area contributed by atoms with E-state index in [1.165, 1.54) is 6.42 Å². The van der Waals surface area contributed by atoms with Crippen molar-refractivity contribution in [1.29, 1.82) is 0 Å².